The van der Waals surface area contributed by atoms with Crippen LogP contribution in [-0.2, 0) is 25.5 Å². The smallest absolute Gasteiger partial charge is 0.329 e. The van der Waals surface area contributed by atoms with E-state index in [4.69, 9.17) is 4.74 Å². The zero-order valence-corrected chi connectivity index (χ0v) is 16.8. The number of aryl methyl sites for hydroxylation is 1. The second-order valence-corrected chi connectivity index (χ2v) is 6.59. The maximum Gasteiger partial charge on any atom is 0.329 e. The first-order chi connectivity index (χ1) is 13.9. The molecule has 0 heterocycles. The van der Waals surface area contributed by atoms with Gasteiger partial charge in [-0.15, -0.1) is 0 Å². The minimum Gasteiger partial charge on any atom is -0.451 e. The topological polar surface area (TPSA) is 84.5 Å². The van der Waals surface area contributed by atoms with Crippen LogP contribution < -0.4 is 10.6 Å². The average molecular weight is 394 g/mol. The molecule has 0 aliphatic carbocycles. The number of carbonyl (C=O) groups is 3. The molecule has 6 heteroatoms. The quantitative estimate of drug-likeness (QED) is 0.531. The third-order valence-corrected chi connectivity index (χ3v) is 4.23. The number of hydrogen-bond acceptors (Lipinski definition) is 4. The van der Waals surface area contributed by atoms with Crippen molar-refractivity contribution < 1.29 is 19.1 Å². The number of esters is 1. The van der Waals surface area contributed by atoms with Gasteiger partial charge in [0, 0.05) is 11.8 Å². The first kappa shape index (κ1) is 21.9. The first-order valence-electron chi connectivity index (χ1n) is 9.53. The Morgan fingerprint density at radius 3 is 2.28 bits per heavy atom. The van der Waals surface area contributed by atoms with Crippen LogP contribution in [-0.4, -0.2) is 29.9 Å². The number of carbonyl (C=O) groups excluding carboxylic acids is 3. The Bertz CT molecular complexity index is 860. The highest BCUT2D eigenvalue weighted by Crippen LogP contribution is 2.11. The second kappa shape index (κ2) is 10.8. The van der Waals surface area contributed by atoms with Crippen molar-refractivity contribution in [3.8, 4) is 0 Å². The number of hydrogen-bond donors (Lipinski definition) is 2. The zero-order chi connectivity index (χ0) is 21.2. The number of rotatable bonds is 8. The summed E-state index contributed by atoms with van der Waals surface area (Å²) in [6.45, 7) is 5.04. The average Bonchev–Trinajstić information content (AvgIpc) is 2.73. The van der Waals surface area contributed by atoms with E-state index in [2.05, 4.69) is 10.6 Å². The largest absolute Gasteiger partial charge is 0.451 e. The maximum absolute atomic E-state index is 12.2. The predicted molar refractivity (Wildman–Crippen MR) is 113 cm³/mol. The Kier molecular flexibility index (Phi) is 8.15. The number of ether oxygens (including phenoxy) is 1. The Hall–Kier alpha value is -3.41. The molecular weight excluding hydrogens is 368 g/mol. The zero-order valence-electron chi connectivity index (χ0n) is 16.8. The lowest BCUT2D eigenvalue weighted by molar-refractivity contribution is -0.155. The highest BCUT2D eigenvalue weighted by molar-refractivity contribution is 5.97. The van der Waals surface area contributed by atoms with Crippen molar-refractivity contribution in [1.82, 2.24) is 5.32 Å². The lowest BCUT2D eigenvalue weighted by atomic mass is 10.1. The van der Waals surface area contributed by atoms with Crippen LogP contribution in [0.4, 0.5) is 5.69 Å². The van der Waals surface area contributed by atoms with Gasteiger partial charge < -0.3 is 15.4 Å². The molecule has 0 spiro atoms. The Labute approximate surface area is 171 Å². The molecule has 152 valence electrons. The summed E-state index contributed by atoms with van der Waals surface area (Å²) in [5.74, 6) is -1.55. The van der Waals surface area contributed by atoms with Crippen LogP contribution in [0, 0.1) is 0 Å². The van der Waals surface area contributed by atoms with E-state index in [1.165, 1.54) is 19.9 Å². The summed E-state index contributed by atoms with van der Waals surface area (Å²) in [7, 11) is 0. The van der Waals surface area contributed by atoms with Crippen molar-refractivity contribution in [3.63, 3.8) is 0 Å². The van der Waals surface area contributed by atoms with Gasteiger partial charge in [0.15, 0.2) is 6.10 Å². The second-order valence-electron chi connectivity index (χ2n) is 6.59. The lowest BCUT2D eigenvalue weighted by Gasteiger charge is -2.17. The molecule has 2 rings (SSSR count). The molecule has 0 saturated heterocycles. The van der Waals surface area contributed by atoms with Gasteiger partial charge in [0.1, 0.15) is 6.04 Å². The third kappa shape index (κ3) is 7.25. The molecule has 0 fully saturated rings. The first-order valence-corrected chi connectivity index (χ1v) is 9.53. The van der Waals surface area contributed by atoms with Gasteiger partial charge in [-0.1, -0.05) is 49.4 Å². The van der Waals surface area contributed by atoms with Gasteiger partial charge in [-0.3, -0.25) is 9.59 Å². The van der Waals surface area contributed by atoms with Crippen LogP contribution in [0.5, 0.6) is 0 Å². The van der Waals surface area contributed by atoms with E-state index in [-0.39, 0.29) is 0 Å². The molecule has 0 unspecified atom stereocenters. The molecule has 2 aromatic carbocycles. The highest BCUT2D eigenvalue weighted by Gasteiger charge is 2.22. The minimum absolute atomic E-state index is 0.425. The Morgan fingerprint density at radius 1 is 1.00 bits per heavy atom. The fraction of sp³-hybridized carbons (Fsp3) is 0.261. The summed E-state index contributed by atoms with van der Waals surface area (Å²) in [5, 5.41) is 5.23. The Balaban J connectivity index is 1.81. The van der Waals surface area contributed by atoms with E-state index in [0.717, 1.165) is 17.5 Å². The van der Waals surface area contributed by atoms with Gasteiger partial charge in [-0.25, -0.2) is 4.79 Å². The monoisotopic (exact) mass is 394 g/mol. The van der Waals surface area contributed by atoms with Gasteiger partial charge in [0.05, 0.1) is 0 Å². The molecule has 0 aliphatic heterocycles. The minimum atomic E-state index is -0.993. The Morgan fingerprint density at radius 2 is 1.66 bits per heavy atom. The van der Waals surface area contributed by atoms with Crippen molar-refractivity contribution in [2.45, 2.75) is 39.3 Å². The number of benzene rings is 2. The molecule has 0 saturated carbocycles. The van der Waals surface area contributed by atoms with Gasteiger partial charge in [-0.05, 0) is 49.6 Å². The third-order valence-electron chi connectivity index (χ3n) is 4.23. The number of amides is 2. The molecule has 6 nitrogen and oxygen atoms in total. The molecule has 0 aromatic heterocycles. The van der Waals surface area contributed by atoms with Crippen LogP contribution >= 0.6 is 0 Å². The van der Waals surface area contributed by atoms with E-state index < -0.39 is 29.9 Å². The van der Waals surface area contributed by atoms with Gasteiger partial charge >= 0.3 is 5.97 Å². The van der Waals surface area contributed by atoms with E-state index in [1.807, 2.05) is 49.4 Å². The molecule has 2 aromatic rings. The van der Waals surface area contributed by atoms with E-state index in [9.17, 15) is 14.4 Å². The van der Waals surface area contributed by atoms with Crippen LogP contribution in [0.2, 0.25) is 0 Å². The van der Waals surface area contributed by atoms with Crippen LogP contribution in [0.15, 0.2) is 60.7 Å². The highest BCUT2D eigenvalue weighted by atomic mass is 16.5. The summed E-state index contributed by atoms with van der Waals surface area (Å²) in [6.07, 6.45) is 2.90. The van der Waals surface area contributed by atoms with Crippen molar-refractivity contribution in [3.05, 3.63) is 71.8 Å². The summed E-state index contributed by atoms with van der Waals surface area (Å²) in [5.41, 5.74) is 2.66. The van der Waals surface area contributed by atoms with Crippen molar-refractivity contribution >= 4 is 29.5 Å². The summed E-state index contributed by atoms with van der Waals surface area (Å²) < 4.78 is 5.16. The van der Waals surface area contributed by atoms with E-state index in [1.54, 1.807) is 18.2 Å². The van der Waals surface area contributed by atoms with Crippen molar-refractivity contribution in [1.29, 1.82) is 0 Å². The van der Waals surface area contributed by atoms with Crippen LogP contribution in [0.25, 0.3) is 6.08 Å². The number of nitrogens with one attached hydrogen (secondary N) is 2. The molecular formula is C23H26N2O4. The standard InChI is InChI=1S/C23H26N2O4/c1-4-18-10-13-20(14-11-18)25-22(27)17(3)29-23(28)16(2)24-21(26)15-12-19-8-6-5-7-9-19/h5-17H,4H2,1-3H3,(H,24,26)(H,25,27)/b15-12+/t16-,17+/m0/s1. The molecule has 0 bridgehead atoms. The lowest BCUT2D eigenvalue weighted by Crippen LogP contribution is -2.41. The fourth-order valence-corrected chi connectivity index (χ4v) is 2.45. The molecule has 0 aliphatic rings. The number of anilines is 1. The molecule has 2 amide bonds. The summed E-state index contributed by atoms with van der Waals surface area (Å²) >= 11 is 0. The van der Waals surface area contributed by atoms with Crippen molar-refractivity contribution in [2.75, 3.05) is 5.32 Å². The van der Waals surface area contributed by atoms with E-state index >= 15 is 0 Å². The summed E-state index contributed by atoms with van der Waals surface area (Å²) in [6, 6.07) is 15.9. The maximum atomic E-state index is 12.2. The van der Waals surface area contributed by atoms with Gasteiger partial charge in [0.25, 0.3) is 5.91 Å². The van der Waals surface area contributed by atoms with Crippen LogP contribution in [0.1, 0.15) is 31.9 Å². The molecule has 2 N–H and O–H groups in total. The SMILES string of the molecule is CCc1ccc(NC(=O)[C@@H](C)OC(=O)[C@H](C)NC(=O)/C=C/c2ccccc2)cc1. The predicted octanol–water partition coefficient (Wildman–Crippen LogP) is 3.34. The molecule has 0 radical (unpaired) electrons. The van der Waals surface area contributed by atoms with Gasteiger partial charge in [0.2, 0.25) is 5.91 Å². The fourth-order valence-electron chi connectivity index (χ4n) is 2.45. The summed E-state index contributed by atoms with van der Waals surface area (Å²) in [4.78, 5) is 36.3. The van der Waals surface area contributed by atoms with Crippen LogP contribution in [0.3, 0.4) is 0 Å². The molecule has 29 heavy (non-hydrogen) atoms. The normalized spacial score (nSPS) is 12.8. The molecule has 2 atom stereocenters. The van der Waals surface area contributed by atoms with Gasteiger partial charge in [-0.2, -0.15) is 0 Å². The van der Waals surface area contributed by atoms with Crippen molar-refractivity contribution in [2.24, 2.45) is 0 Å². The van der Waals surface area contributed by atoms with E-state index in [0.29, 0.717) is 5.69 Å².